The topological polar surface area (TPSA) is 21.3 Å². The molecule has 1 aliphatic rings. The van der Waals surface area contributed by atoms with Crippen LogP contribution >= 0.6 is 0 Å². The van der Waals surface area contributed by atoms with Gasteiger partial charge in [0.15, 0.2) is 0 Å². The third kappa shape index (κ3) is 1.75. The predicted octanol–water partition coefficient (Wildman–Crippen LogP) is 2.16. The van der Waals surface area contributed by atoms with Crippen LogP contribution in [0.2, 0.25) is 0 Å². The highest BCUT2D eigenvalue weighted by Crippen LogP contribution is 2.29. The molecule has 2 atom stereocenters. The second kappa shape index (κ2) is 4.01. The SMILES string of the molecule is COc1cccc(C2CCNC2C)c1. The number of hydrogen-bond acceptors (Lipinski definition) is 2. The molecule has 1 aromatic rings. The van der Waals surface area contributed by atoms with Gasteiger partial charge in [-0.15, -0.1) is 0 Å². The molecule has 1 heterocycles. The number of benzene rings is 1. The average Bonchev–Trinajstić information content (AvgIpc) is 2.65. The fourth-order valence-corrected chi connectivity index (χ4v) is 2.19. The normalized spacial score (nSPS) is 26.4. The van der Waals surface area contributed by atoms with Gasteiger partial charge in [0.05, 0.1) is 7.11 Å². The van der Waals surface area contributed by atoms with Crippen LogP contribution in [0.1, 0.15) is 24.8 Å². The first kappa shape index (κ1) is 9.53. The lowest BCUT2D eigenvalue weighted by Crippen LogP contribution is -2.21. The Morgan fingerprint density at radius 3 is 2.93 bits per heavy atom. The highest BCUT2D eigenvalue weighted by molar-refractivity contribution is 5.32. The zero-order chi connectivity index (χ0) is 9.97. The molecule has 2 heteroatoms. The van der Waals surface area contributed by atoms with E-state index in [0.29, 0.717) is 12.0 Å². The van der Waals surface area contributed by atoms with E-state index in [1.165, 1.54) is 12.0 Å². The number of ether oxygens (including phenoxy) is 1. The maximum Gasteiger partial charge on any atom is 0.119 e. The molecule has 0 radical (unpaired) electrons. The third-order valence-electron chi connectivity index (χ3n) is 3.05. The van der Waals surface area contributed by atoms with Crippen molar-refractivity contribution in [2.45, 2.75) is 25.3 Å². The van der Waals surface area contributed by atoms with E-state index >= 15 is 0 Å². The van der Waals surface area contributed by atoms with Crippen molar-refractivity contribution in [2.75, 3.05) is 13.7 Å². The highest BCUT2D eigenvalue weighted by Gasteiger charge is 2.24. The van der Waals surface area contributed by atoms with Gasteiger partial charge in [0, 0.05) is 12.0 Å². The summed E-state index contributed by atoms with van der Waals surface area (Å²) in [6.45, 7) is 3.38. The predicted molar refractivity (Wildman–Crippen MR) is 57.8 cm³/mol. The molecule has 14 heavy (non-hydrogen) atoms. The molecule has 2 nitrogen and oxygen atoms in total. The van der Waals surface area contributed by atoms with E-state index in [1.807, 2.05) is 6.07 Å². The highest BCUT2D eigenvalue weighted by atomic mass is 16.5. The second-order valence-corrected chi connectivity index (χ2v) is 3.91. The van der Waals surface area contributed by atoms with Crippen LogP contribution in [0.3, 0.4) is 0 Å². The molecule has 1 saturated heterocycles. The van der Waals surface area contributed by atoms with Crippen molar-refractivity contribution in [3.63, 3.8) is 0 Å². The first-order valence-electron chi connectivity index (χ1n) is 5.18. The Morgan fingerprint density at radius 2 is 2.29 bits per heavy atom. The van der Waals surface area contributed by atoms with E-state index in [9.17, 15) is 0 Å². The Balaban J connectivity index is 2.22. The van der Waals surface area contributed by atoms with Crippen LogP contribution in [-0.2, 0) is 0 Å². The van der Waals surface area contributed by atoms with Crippen LogP contribution in [0.25, 0.3) is 0 Å². The van der Waals surface area contributed by atoms with Gasteiger partial charge in [0.2, 0.25) is 0 Å². The molecule has 1 N–H and O–H groups in total. The summed E-state index contributed by atoms with van der Waals surface area (Å²) >= 11 is 0. The molecule has 0 bridgehead atoms. The van der Waals surface area contributed by atoms with Crippen molar-refractivity contribution in [1.82, 2.24) is 5.32 Å². The monoisotopic (exact) mass is 191 g/mol. The van der Waals surface area contributed by atoms with Crippen molar-refractivity contribution < 1.29 is 4.74 Å². The summed E-state index contributed by atoms with van der Waals surface area (Å²) in [5.41, 5.74) is 1.39. The maximum atomic E-state index is 5.23. The average molecular weight is 191 g/mol. The zero-order valence-corrected chi connectivity index (χ0v) is 8.79. The van der Waals surface area contributed by atoms with Crippen molar-refractivity contribution in [3.8, 4) is 5.75 Å². The van der Waals surface area contributed by atoms with Crippen LogP contribution in [-0.4, -0.2) is 19.7 Å². The Bertz CT molecular complexity index is 311. The van der Waals surface area contributed by atoms with E-state index < -0.39 is 0 Å². The maximum absolute atomic E-state index is 5.23. The lowest BCUT2D eigenvalue weighted by molar-refractivity contribution is 0.413. The second-order valence-electron chi connectivity index (χ2n) is 3.91. The fraction of sp³-hybridized carbons (Fsp3) is 0.500. The van der Waals surface area contributed by atoms with Gasteiger partial charge >= 0.3 is 0 Å². The molecule has 0 spiro atoms. The Morgan fingerprint density at radius 1 is 1.43 bits per heavy atom. The summed E-state index contributed by atoms with van der Waals surface area (Å²) in [5.74, 6) is 1.60. The molecule has 1 aliphatic heterocycles. The first-order valence-corrected chi connectivity index (χ1v) is 5.18. The summed E-state index contributed by atoms with van der Waals surface area (Å²) in [7, 11) is 1.72. The summed E-state index contributed by atoms with van der Waals surface area (Å²) in [5, 5.41) is 3.46. The zero-order valence-electron chi connectivity index (χ0n) is 8.79. The lowest BCUT2D eigenvalue weighted by Gasteiger charge is -2.15. The molecule has 0 aliphatic carbocycles. The molecule has 0 saturated carbocycles. The minimum atomic E-state index is 0.585. The van der Waals surface area contributed by atoms with Crippen LogP contribution in [0.5, 0.6) is 5.75 Å². The minimum absolute atomic E-state index is 0.585. The van der Waals surface area contributed by atoms with Gasteiger partial charge in [-0.25, -0.2) is 0 Å². The molecule has 2 rings (SSSR count). The van der Waals surface area contributed by atoms with Gasteiger partial charge in [-0.1, -0.05) is 12.1 Å². The Kier molecular flexibility index (Phi) is 2.73. The fourth-order valence-electron chi connectivity index (χ4n) is 2.19. The van der Waals surface area contributed by atoms with Crippen LogP contribution in [0.15, 0.2) is 24.3 Å². The van der Waals surface area contributed by atoms with Crippen LogP contribution in [0, 0.1) is 0 Å². The number of methoxy groups -OCH3 is 1. The van der Waals surface area contributed by atoms with Gasteiger partial charge in [-0.3, -0.25) is 0 Å². The molecule has 1 fully saturated rings. The summed E-state index contributed by atoms with van der Waals surface area (Å²) in [6, 6.07) is 8.99. The molecular formula is C12H17NO. The number of nitrogens with one attached hydrogen (secondary N) is 1. The molecule has 0 amide bonds. The molecule has 1 aromatic carbocycles. The Labute approximate surface area is 85.3 Å². The van der Waals surface area contributed by atoms with Crippen LogP contribution < -0.4 is 10.1 Å². The van der Waals surface area contributed by atoms with E-state index in [2.05, 4.69) is 30.4 Å². The molecule has 76 valence electrons. The van der Waals surface area contributed by atoms with Gasteiger partial charge in [-0.2, -0.15) is 0 Å². The van der Waals surface area contributed by atoms with Crippen molar-refractivity contribution in [2.24, 2.45) is 0 Å². The van der Waals surface area contributed by atoms with Crippen molar-refractivity contribution in [3.05, 3.63) is 29.8 Å². The van der Waals surface area contributed by atoms with E-state index in [0.717, 1.165) is 12.3 Å². The van der Waals surface area contributed by atoms with Crippen molar-refractivity contribution >= 4 is 0 Å². The minimum Gasteiger partial charge on any atom is -0.497 e. The van der Waals surface area contributed by atoms with Gasteiger partial charge < -0.3 is 10.1 Å². The van der Waals surface area contributed by atoms with Gasteiger partial charge in [-0.05, 0) is 37.6 Å². The number of rotatable bonds is 2. The molecule has 0 aromatic heterocycles. The van der Waals surface area contributed by atoms with Gasteiger partial charge in [0.1, 0.15) is 5.75 Å². The first-order chi connectivity index (χ1) is 6.81. The summed E-state index contributed by atoms with van der Waals surface area (Å²) in [4.78, 5) is 0. The van der Waals surface area contributed by atoms with E-state index in [4.69, 9.17) is 4.74 Å². The third-order valence-corrected chi connectivity index (χ3v) is 3.05. The Hall–Kier alpha value is -1.02. The van der Waals surface area contributed by atoms with Crippen LogP contribution in [0.4, 0.5) is 0 Å². The summed E-state index contributed by atoms with van der Waals surface area (Å²) in [6.07, 6.45) is 1.23. The molecule has 2 unspecified atom stereocenters. The standard InChI is InChI=1S/C12H17NO/c1-9-12(6-7-13-9)10-4-3-5-11(8-10)14-2/h3-5,8-9,12-13H,6-7H2,1-2H3. The summed E-state index contributed by atoms with van der Waals surface area (Å²) < 4.78 is 5.23. The lowest BCUT2D eigenvalue weighted by atomic mass is 9.93. The largest absolute Gasteiger partial charge is 0.497 e. The van der Waals surface area contributed by atoms with E-state index in [-0.39, 0.29) is 0 Å². The van der Waals surface area contributed by atoms with Gasteiger partial charge in [0.25, 0.3) is 0 Å². The van der Waals surface area contributed by atoms with E-state index in [1.54, 1.807) is 7.11 Å². The quantitative estimate of drug-likeness (QED) is 0.773. The van der Waals surface area contributed by atoms with Crippen molar-refractivity contribution in [1.29, 1.82) is 0 Å². The smallest absolute Gasteiger partial charge is 0.119 e. The number of hydrogen-bond donors (Lipinski definition) is 1. The molecular weight excluding hydrogens is 174 g/mol.